The van der Waals surface area contributed by atoms with E-state index in [1.54, 1.807) is 25.3 Å². The summed E-state index contributed by atoms with van der Waals surface area (Å²) in [5, 5.41) is 23.3. The van der Waals surface area contributed by atoms with Crippen molar-refractivity contribution in [1.82, 2.24) is 15.2 Å². The number of rotatable bonds is 9. The largest absolute Gasteiger partial charge is 0.479 e. The fourth-order valence-corrected chi connectivity index (χ4v) is 3.22. The van der Waals surface area contributed by atoms with Gasteiger partial charge in [0.1, 0.15) is 0 Å². The second-order valence-electron chi connectivity index (χ2n) is 7.67. The number of amides is 2. The van der Waals surface area contributed by atoms with Gasteiger partial charge in [-0.2, -0.15) is 0 Å². The number of nitrogens with one attached hydrogen (secondary N) is 2. The van der Waals surface area contributed by atoms with Crippen molar-refractivity contribution in [3.05, 3.63) is 36.0 Å². The van der Waals surface area contributed by atoms with Gasteiger partial charge in [-0.15, -0.1) is 0 Å². The number of para-hydroxylation sites is 1. The molecule has 0 saturated carbocycles. The van der Waals surface area contributed by atoms with E-state index in [9.17, 15) is 24.6 Å². The first kappa shape index (κ1) is 23.2. The van der Waals surface area contributed by atoms with Crippen molar-refractivity contribution in [2.75, 3.05) is 19.7 Å². The number of hydrogen-bond donors (Lipinski definition) is 4. The van der Waals surface area contributed by atoms with Crippen molar-refractivity contribution in [3.63, 3.8) is 0 Å². The van der Waals surface area contributed by atoms with E-state index in [1.165, 1.54) is 11.8 Å². The smallest absolute Gasteiger partial charge is 0.336 e. The fraction of sp³-hybridized carbons (Fsp3) is 0.476. The quantitative estimate of drug-likeness (QED) is 0.460. The van der Waals surface area contributed by atoms with Crippen molar-refractivity contribution < 1.29 is 29.3 Å². The molecule has 0 aliphatic heterocycles. The second-order valence-corrected chi connectivity index (χ2v) is 7.67. The van der Waals surface area contributed by atoms with Crippen molar-refractivity contribution in [1.29, 1.82) is 0 Å². The number of H-pyrrole nitrogens is 1. The van der Waals surface area contributed by atoms with Crippen molar-refractivity contribution in [3.8, 4) is 0 Å². The lowest BCUT2D eigenvalue weighted by Gasteiger charge is -2.32. The van der Waals surface area contributed by atoms with E-state index in [0.29, 0.717) is 10.9 Å². The van der Waals surface area contributed by atoms with Crippen molar-refractivity contribution >= 4 is 28.9 Å². The summed E-state index contributed by atoms with van der Waals surface area (Å²) in [5.74, 6) is -2.05. The fourth-order valence-electron chi connectivity index (χ4n) is 3.22. The van der Waals surface area contributed by atoms with E-state index in [0.717, 1.165) is 5.52 Å². The van der Waals surface area contributed by atoms with Gasteiger partial charge in [-0.05, 0) is 25.8 Å². The molecule has 2 amide bonds. The topological polar surface area (TPSA) is 132 Å². The molecule has 1 unspecified atom stereocenters. The highest BCUT2D eigenvalue weighted by molar-refractivity contribution is 5.94. The first-order chi connectivity index (χ1) is 14.1. The number of aliphatic hydroxyl groups excluding tert-OH is 1. The minimum Gasteiger partial charge on any atom is -0.479 e. The average molecular weight is 419 g/mol. The maximum Gasteiger partial charge on any atom is 0.336 e. The van der Waals surface area contributed by atoms with Gasteiger partial charge in [0, 0.05) is 29.2 Å². The molecule has 0 fully saturated rings. The Morgan fingerprint density at radius 1 is 1.23 bits per heavy atom. The zero-order valence-corrected chi connectivity index (χ0v) is 17.6. The van der Waals surface area contributed by atoms with Gasteiger partial charge in [0.15, 0.2) is 11.6 Å². The van der Waals surface area contributed by atoms with Gasteiger partial charge in [-0.1, -0.05) is 32.0 Å². The zero-order valence-electron chi connectivity index (χ0n) is 17.6. The number of aromatic nitrogens is 1. The van der Waals surface area contributed by atoms with E-state index in [2.05, 4.69) is 10.3 Å². The molecular weight excluding hydrogens is 390 g/mol. The van der Waals surface area contributed by atoms with E-state index >= 15 is 0 Å². The Labute approximate surface area is 175 Å². The Balaban J connectivity index is 2.31. The van der Waals surface area contributed by atoms with Crippen LogP contribution in [0.5, 0.6) is 0 Å². The molecule has 9 heteroatoms. The number of esters is 1. The summed E-state index contributed by atoms with van der Waals surface area (Å²) in [6.07, 6.45) is 0.0258. The van der Waals surface area contributed by atoms with Crippen molar-refractivity contribution in [2.24, 2.45) is 5.92 Å². The van der Waals surface area contributed by atoms with Crippen LogP contribution in [0.25, 0.3) is 10.9 Å². The monoisotopic (exact) mass is 419 g/mol. The van der Waals surface area contributed by atoms with Gasteiger partial charge in [0.25, 0.3) is 0 Å². The molecule has 9 nitrogen and oxygen atoms in total. The van der Waals surface area contributed by atoms with Gasteiger partial charge in [-0.25, -0.2) is 14.4 Å². The lowest BCUT2D eigenvalue weighted by atomic mass is 9.91. The molecule has 0 radical (unpaired) electrons. The number of carbonyl (C=O) groups excluding carboxylic acids is 2. The van der Waals surface area contributed by atoms with Gasteiger partial charge in [0.05, 0.1) is 13.2 Å². The van der Waals surface area contributed by atoms with Crippen LogP contribution in [0.3, 0.4) is 0 Å². The molecule has 2 aromatic rings. The number of aromatic amines is 1. The second kappa shape index (κ2) is 9.62. The third-order valence-corrected chi connectivity index (χ3v) is 4.74. The number of hydrogen-bond acceptors (Lipinski definition) is 5. The SMILES string of the molecule is CCOC(=O)C(O)CN(CC(C)C)C(=O)N[C@](C)(C(=O)O)c1c[nH]c2ccccc12. The van der Waals surface area contributed by atoms with Crippen LogP contribution in [-0.2, 0) is 19.9 Å². The van der Waals surface area contributed by atoms with Crippen molar-refractivity contribution in [2.45, 2.75) is 39.3 Å². The summed E-state index contributed by atoms with van der Waals surface area (Å²) in [6.45, 7) is 6.75. The molecule has 0 aliphatic carbocycles. The number of nitrogens with zero attached hydrogens (tertiary/aromatic N) is 1. The molecular formula is C21H29N3O6. The lowest BCUT2D eigenvalue weighted by Crippen LogP contribution is -2.56. The summed E-state index contributed by atoms with van der Waals surface area (Å²) in [6, 6.07) is 6.47. The van der Waals surface area contributed by atoms with E-state index in [-0.39, 0.29) is 25.6 Å². The minimum absolute atomic E-state index is 0.0225. The highest BCUT2D eigenvalue weighted by Gasteiger charge is 2.40. The Morgan fingerprint density at radius 2 is 1.90 bits per heavy atom. The highest BCUT2D eigenvalue weighted by Crippen LogP contribution is 2.29. The first-order valence-electron chi connectivity index (χ1n) is 9.81. The van der Waals surface area contributed by atoms with Crippen LogP contribution in [0.4, 0.5) is 4.79 Å². The van der Waals surface area contributed by atoms with Crippen LogP contribution in [0.15, 0.2) is 30.5 Å². The van der Waals surface area contributed by atoms with Crippen LogP contribution in [-0.4, -0.2) is 63.9 Å². The molecule has 1 aromatic carbocycles. The van der Waals surface area contributed by atoms with E-state index in [4.69, 9.17) is 4.74 Å². The Hall–Kier alpha value is -3.07. The molecule has 0 saturated heterocycles. The number of carboxylic acids is 1. The molecule has 30 heavy (non-hydrogen) atoms. The molecule has 0 aliphatic rings. The number of carboxylic acid groups (broad SMARTS) is 1. The Bertz CT molecular complexity index is 909. The zero-order chi connectivity index (χ0) is 22.5. The average Bonchev–Trinajstić information content (AvgIpc) is 3.11. The number of aliphatic hydroxyl groups is 1. The predicted molar refractivity (Wildman–Crippen MR) is 111 cm³/mol. The lowest BCUT2D eigenvalue weighted by molar-refractivity contribution is -0.153. The molecule has 2 rings (SSSR count). The maximum atomic E-state index is 13.0. The van der Waals surface area contributed by atoms with Crippen LogP contribution >= 0.6 is 0 Å². The minimum atomic E-state index is -1.74. The number of aliphatic carboxylic acids is 1. The number of fused-ring (bicyclic) bond motifs is 1. The number of ether oxygens (including phenoxy) is 1. The summed E-state index contributed by atoms with van der Waals surface area (Å²) in [5.41, 5.74) is -0.596. The molecule has 164 valence electrons. The predicted octanol–water partition coefficient (Wildman–Crippen LogP) is 2.06. The molecule has 0 bridgehead atoms. The highest BCUT2D eigenvalue weighted by atomic mass is 16.5. The summed E-state index contributed by atoms with van der Waals surface area (Å²) < 4.78 is 4.79. The molecule has 0 spiro atoms. The van der Waals surface area contributed by atoms with Crippen LogP contribution in [0, 0.1) is 5.92 Å². The summed E-state index contributed by atoms with van der Waals surface area (Å²) >= 11 is 0. The normalized spacial score (nSPS) is 14.2. The third-order valence-electron chi connectivity index (χ3n) is 4.74. The van der Waals surface area contributed by atoms with Crippen LogP contribution in [0.1, 0.15) is 33.3 Å². The van der Waals surface area contributed by atoms with Gasteiger partial charge in [-0.3, -0.25) is 0 Å². The standard InChI is InChI=1S/C21H29N3O6/c1-5-30-18(26)17(25)12-24(11-13(2)3)20(29)23-21(4,19(27)28)15-10-22-16-9-7-6-8-14(15)16/h6-10,13,17,22,25H,5,11-12H2,1-4H3,(H,23,29)(H,27,28)/t17?,21-/m0/s1. The first-order valence-corrected chi connectivity index (χ1v) is 9.81. The Kier molecular flexibility index (Phi) is 7.44. The molecule has 1 heterocycles. The van der Waals surface area contributed by atoms with E-state index < -0.39 is 29.6 Å². The van der Waals surface area contributed by atoms with Gasteiger partial charge in [0.2, 0.25) is 0 Å². The molecule has 2 atom stereocenters. The maximum absolute atomic E-state index is 13.0. The van der Waals surface area contributed by atoms with Crippen LogP contribution in [0.2, 0.25) is 0 Å². The Morgan fingerprint density at radius 3 is 2.50 bits per heavy atom. The van der Waals surface area contributed by atoms with Crippen LogP contribution < -0.4 is 5.32 Å². The number of carbonyl (C=O) groups is 3. The molecule has 1 aromatic heterocycles. The third kappa shape index (κ3) is 5.10. The molecule has 4 N–H and O–H groups in total. The van der Waals surface area contributed by atoms with E-state index in [1.807, 2.05) is 26.0 Å². The van der Waals surface area contributed by atoms with Gasteiger partial charge >= 0.3 is 18.0 Å². The number of urea groups is 1. The summed E-state index contributed by atoms with van der Waals surface area (Å²) in [4.78, 5) is 41.2. The number of benzene rings is 1. The summed E-state index contributed by atoms with van der Waals surface area (Å²) in [7, 11) is 0. The van der Waals surface area contributed by atoms with Gasteiger partial charge < -0.3 is 30.2 Å².